The molecule has 0 saturated carbocycles. The average molecular weight is 540 g/mol. The van der Waals surface area contributed by atoms with Gasteiger partial charge in [-0.05, 0) is 49.4 Å². The number of ketones is 1. The van der Waals surface area contributed by atoms with Crippen LogP contribution in [-0.4, -0.2) is 28.3 Å². The highest BCUT2D eigenvalue weighted by molar-refractivity contribution is 9.10. The van der Waals surface area contributed by atoms with Crippen molar-refractivity contribution >= 4 is 55.9 Å². The Morgan fingerprint density at radius 3 is 2.50 bits per heavy atom. The van der Waals surface area contributed by atoms with Gasteiger partial charge in [0, 0.05) is 27.1 Å². The number of Topliss-reactive ketones (excluding diaryl/α,β-unsaturated/α-hetero) is 1. The number of pyridine rings is 1. The number of carbonyl (C=O) groups excluding carboxylic acids is 2. The van der Waals surface area contributed by atoms with Crippen molar-refractivity contribution in [2.45, 2.75) is 6.92 Å². The first-order valence-corrected chi connectivity index (χ1v) is 11.2. The number of nitro benzene ring substituents is 1. The molecule has 0 bridgehead atoms. The van der Waals surface area contributed by atoms with Crippen molar-refractivity contribution in [2.75, 3.05) is 6.61 Å². The first-order valence-electron chi connectivity index (χ1n) is 10.0. The SMILES string of the molecule is Cc1ccc2nc(-c3ccc(Br)cc3)cc(C(=O)OCC(=O)c3ccc(Cl)c([N+](=O)[O-])c3)c2c1. The third-order valence-corrected chi connectivity index (χ3v) is 5.97. The van der Waals surface area contributed by atoms with Crippen molar-refractivity contribution in [3.8, 4) is 11.3 Å². The number of aromatic nitrogens is 1. The van der Waals surface area contributed by atoms with Gasteiger partial charge in [0.2, 0.25) is 5.78 Å². The van der Waals surface area contributed by atoms with Crippen LogP contribution in [0.15, 0.2) is 71.2 Å². The van der Waals surface area contributed by atoms with E-state index in [0.29, 0.717) is 16.6 Å². The quantitative estimate of drug-likeness (QED) is 0.119. The molecule has 0 amide bonds. The second kappa shape index (κ2) is 9.70. The summed E-state index contributed by atoms with van der Waals surface area (Å²) in [5.74, 6) is -1.29. The Morgan fingerprint density at radius 2 is 1.79 bits per heavy atom. The van der Waals surface area contributed by atoms with Crippen LogP contribution in [0.25, 0.3) is 22.2 Å². The fourth-order valence-corrected chi connectivity index (χ4v) is 3.85. The number of halogens is 2. The topological polar surface area (TPSA) is 99.4 Å². The molecule has 0 radical (unpaired) electrons. The molecule has 4 rings (SSSR count). The van der Waals surface area contributed by atoms with Crippen molar-refractivity contribution in [3.63, 3.8) is 0 Å². The maximum atomic E-state index is 13.0. The molecule has 7 nitrogen and oxygen atoms in total. The highest BCUT2D eigenvalue weighted by Crippen LogP contribution is 2.28. The normalized spacial score (nSPS) is 10.8. The molecule has 0 fully saturated rings. The van der Waals surface area contributed by atoms with E-state index in [1.54, 1.807) is 6.07 Å². The largest absolute Gasteiger partial charge is 0.454 e. The molecule has 3 aromatic carbocycles. The number of nitro groups is 1. The highest BCUT2D eigenvalue weighted by Gasteiger charge is 2.20. The van der Waals surface area contributed by atoms with Gasteiger partial charge in [-0.1, -0.05) is 51.3 Å². The van der Waals surface area contributed by atoms with Crippen molar-refractivity contribution in [1.82, 2.24) is 4.98 Å². The molecule has 0 spiro atoms. The molecule has 0 unspecified atom stereocenters. The van der Waals surface area contributed by atoms with E-state index < -0.39 is 29.0 Å². The van der Waals surface area contributed by atoms with Gasteiger partial charge in [-0.2, -0.15) is 0 Å². The maximum absolute atomic E-state index is 13.0. The molecule has 0 N–H and O–H groups in total. The fourth-order valence-electron chi connectivity index (χ4n) is 3.40. The lowest BCUT2D eigenvalue weighted by Crippen LogP contribution is -2.15. The Balaban J connectivity index is 1.64. The van der Waals surface area contributed by atoms with Crippen molar-refractivity contribution in [3.05, 3.63) is 103 Å². The number of rotatable bonds is 6. The van der Waals surface area contributed by atoms with Crippen LogP contribution in [0.4, 0.5) is 5.69 Å². The number of hydrogen-bond donors (Lipinski definition) is 0. The minimum Gasteiger partial charge on any atom is -0.454 e. The number of ether oxygens (including phenoxy) is 1. The number of benzene rings is 3. The van der Waals surface area contributed by atoms with Crippen LogP contribution in [0.1, 0.15) is 26.3 Å². The van der Waals surface area contributed by atoms with Crippen LogP contribution in [0.2, 0.25) is 5.02 Å². The number of hydrogen-bond acceptors (Lipinski definition) is 6. The molecule has 0 aliphatic rings. The molecule has 4 aromatic rings. The zero-order chi connectivity index (χ0) is 24.4. The Morgan fingerprint density at radius 1 is 1.06 bits per heavy atom. The van der Waals surface area contributed by atoms with Gasteiger partial charge >= 0.3 is 5.97 Å². The summed E-state index contributed by atoms with van der Waals surface area (Å²) < 4.78 is 6.22. The molecule has 34 heavy (non-hydrogen) atoms. The Bertz CT molecular complexity index is 1450. The number of esters is 1. The monoisotopic (exact) mass is 538 g/mol. The molecule has 170 valence electrons. The second-order valence-corrected chi connectivity index (χ2v) is 8.83. The molecule has 0 aliphatic carbocycles. The molecule has 1 heterocycles. The first-order chi connectivity index (χ1) is 16.2. The third kappa shape index (κ3) is 4.98. The van der Waals surface area contributed by atoms with E-state index in [2.05, 4.69) is 20.9 Å². The molecule has 1 aromatic heterocycles. The van der Waals surface area contributed by atoms with Crippen LogP contribution in [0.3, 0.4) is 0 Å². The van der Waals surface area contributed by atoms with E-state index >= 15 is 0 Å². The molecular formula is C25H16BrClN2O5. The van der Waals surface area contributed by atoms with Crippen LogP contribution < -0.4 is 0 Å². The van der Waals surface area contributed by atoms with Gasteiger partial charge in [0.05, 0.1) is 21.7 Å². The summed E-state index contributed by atoms with van der Waals surface area (Å²) in [5, 5.41) is 11.6. The van der Waals surface area contributed by atoms with E-state index in [0.717, 1.165) is 21.7 Å². The summed E-state index contributed by atoms with van der Waals surface area (Å²) in [7, 11) is 0. The number of fused-ring (bicyclic) bond motifs is 1. The maximum Gasteiger partial charge on any atom is 0.339 e. The van der Waals surface area contributed by atoms with Gasteiger partial charge in [0.1, 0.15) is 5.02 Å². The van der Waals surface area contributed by atoms with E-state index in [1.807, 2.05) is 49.4 Å². The van der Waals surface area contributed by atoms with Crippen LogP contribution in [0, 0.1) is 17.0 Å². The Labute approximate surface area is 207 Å². The van der Waals surface area contributed by atoms with E-state index in [9.17, 15) is 19.7 Å². The lowest BCUT2D eigenvalue weighted by molar-refractivity contribution is -0.384. The second-order valence-electron chi connectivity index (χ2n) is 7.51. The predicted molar refractivity (Wildman–Crippen MR) is 132 cm³/mol. The molecule has 9 heteroatoms. The summed E-state index contributed by atoms with van der Waals surface area (Å²) in [6.07, 6.45) is 0. The Hall–Kier alpha value is -3.62. The zero-order valence-corrected chi connectivity index (χ0v) is 20.1. The zero-order valence-electron chi connectivity index (χ0n) is 17.7. The first kappa shape index (κ1) is 23.5. The van der Waals surface area contributed by atoms with Gasteiger partial charge in [0.15, 0.2) is 6.61 Å². The van der Waals surface area contributed by atoms with Crippen LogP contribution >= 0.6 is 27.5 Å². The minimum atomic E-state index is -0.701. The standard InChI is InChI=1S/C25H16BrClN2O5/c1-14-2-9-21-18(10-14)19(12-22(28-21)15-3-6-17(26)7-4-15)25(31)34-13-24(30)16-5-8-20(27)23(11-16)29(32)33/h2-12H,13H2,1H3. The molecular weight excluding hydrogens is 524 g/mol. The summed E-state index contributed by atoms with van der Waals surface area (Å²) in [4.78, 5) is 40.7. The number of aryl methyl sites for hydroxylation is 1. The van der Waals surface area contributed by atoms with Crippen molar-refractivity contribution < 1.29 is 19.2 Å². The molecule has 0 aliphatic heterocycles. The van der Waals surface area contributed by atoms with Gasteiger partial charge in [-0.3, -0.25) is 14.9 Å². The Kier molecular flexibility index (Phi) is 6.72. The molecule has 0 saturated heterocycles. The highest BCUT2D eigenvalue weighted by atomic mass is 79.9. The predicted octanol–water partition coefficient (Wildman–Crippen LogP) is 6.57. The number of nitrogens with zero attached hydrogens (tertiary/aromatic N) is 2. The number of carbonyl (C=O) groups is 2. The van der Waals surface area contributed by atoms with E-state index in [1.165, 1.54) is 12.1 Å². The average Bonchev–Trinajstić information content (AvgIpc) is 2.82. The van der Waals surface area contributed by atoms with Crippen LogP contribution in [0.5, 0.6) is 0 Å². The summed E-state index contributed by atoms with van der Waals surface area (Å²) in [6, 6.07) is 18.3. The van der Waals surface area contributed by atoms with E-state index in [-0.39, 0.29) is 16.1 Å². The van der Waals surface area contributed by atoms with Gasteiger partial charge in [-0.15, -0.1) is 0 Å². The minimum absolute atomic E-state index is 0.0230. The van der Waals surface area contributed by atoms with Crippen molar-refractivity contribution in [1.29, 1.82) is 0 Å². The fraction of sp³-hybridized carbons (Fsp3) is 0.0800. The summed E-state index contributed by atoms with van der Waals surface area (Å²) >= 11 is 9.20. The van der Waals surface area contributed by atoms with Crippen molar-refractivity contribution in [2.24, 2.45) is 0 Å². The third-order valence-electron chi connectivity index (χ3n) is 5.12. The smallest absolute Gasteiger partial charge is 0.339 e. The van der Waals surface area contributed by atoms with Gasteiger partial charge in [0.25, 0.3) is 5.69 Å². The lowest BCUT2D eigenvalue weighted by Gasteiger charge is -2.11. The lowest BCUT2D eigenvalue weighted by atomic mass is 10.0. The van der Waals surface area contributed by atoms with Gasteiger partial charge < -0.3 is 4.74 Å². The molecule has 0 atom stereocenters. The van der Waals surface area contributed by atoms with E-state index in [4.69, 9.17) is 16.3 Å². The van der Waals surface area contributed by atoms with Crippen LogP contribution in [-0.2, 0) is 4.74 Å². The van der Waals surface area contributed by atoms with Gasteiger partial charge in [-0.25, -0.2) is 9.78 Å². The summed E-state index contributed by atoms with van der Waals surface area (Å²) in [6.45, 7) is 1.31. The summed E-state index contributed by atoms with van der Waals surface area (Å²) in [5.41, 5.74) is 2.83.